The van der Waals surface area contributed by atoms with Crippen molar-refractivity contribution < 1.29 is 9.59 Å². The van der Waals surface area contributed by atoms with Gasteiger partial charge in [0.05, 0.1) is 17.2 Å². The first kappa shape index (κ1) is 12.2. The summed E-state index contributed by atoms with van der Waals surface area (Å²) in [5.41, 5.74) is 0.620. The van der Waals surface area contributed by atoms with Gasteiger partial charge in [-0.1, -0.05) is 0 Å². The highest BCUT2D eigenvalue weighted by Gasteiger charge is 2.51. The number of carbonyl (C=O) groups excluding carboxylic acids is 2. The second kappa shape index (κ2) is 4.21. The summed E-state index contributed by atoms with van der Waals surface area (Å²) in [6.45, 7) is 1.03. The quantitative estimate of drug-likeness (QED) is 0.689. The fourth-order valence-electron chi connectivity index (χ4n) is 3.22. The van der Waals surface area contributed by atoms with Gasteiger partial charge in [0.15, 0.2) is 5.65 Å². The Morgan fingerprint density at radius 1 is 1.10 bits per heavy atom. The number of carbonyl (C=O) groups is 2. The molecule has 106 valence electrons. The molecule has 0 N–H and O–H groups in total. The lowest BCUT2D eigenvalue weighted by molar-refractivity contribution is -0.138. The Morgan fingerprint density at radius 3 is 2.52 bits per heavy atom. The van der Waals surface area contributed by atoms with Crippen molar-refractivity contribution >= 4 is 28.7 Å². The second-order valence-electron chi connectivity index (χ2n) is 5.43. The monoisotopic (exact) mass is 283 g/mol. The first-order chi connectivity index (χ1) is 10.2. The highest BCUT2D eigenvalue weighted by atomic mass is 16.2. The van der Waals surface area contributed by atoms with Gasteiger partial charge in [-0.2, -0.15) is 0 Å². The molecule has 0 bridgehead atoms. The van der Waals surface area contributed by atoms with Crippen LogP contribution in [0.1, 0.15) is 0 Å². The van der Waals surface area contributed by atoms with Crippen LogP contribution in [0.5, 0.6) is 0 Å². The number of pyridine rings is 1. The van der Waals surface area contributed by atoms with Crippen LogP contribution in [0.15, 0.2) is 24.7 Å². The molecule has 0 spiro atoms. The molecule has 2 aromatic heterocycles. The average molecular weight is 283 g/mol. The predicted octanol–water partition coefficient (Wildman–Crippen LogP) is 0.0758. The molecular formula is C14H13N5O2. The van der Waals surface area contributed by atoms with Gasteiger partial charge in [-0.05, 0) is 12.1 Å². The van der Waals surface area contributed by atoms with Crippen molar-refractivity contribution in [3.8, 4) is 0 Å². The molecule has 2 saturated heterocycles. The number of nitrogens with zero attached hydrogens (tertiary/aromatic N) is 5. The molecule has 2 amide bonds. The summed E-state index contributed by atoms with van der Waals surface area (Å²) in [6.07, 6.45) is 3.15. The number of anilines is 1. The summed E-state index contributed by atoms with van der Waals surface area (Å²) < 4.78 is 0. The predicted molar refractivity (Wildman–Crippen MR) is 74.3 cm³/mol. The van der Waals surface area contributed by atoms with E-state index in [1.54, 1.807) is 13.2 Å². The van der Waals surface area contributed by atoms with Crippen molar-refractivity contribution in [2.75, 3.05) is 25.0 Å². The molecule has 2 aromatic rings. The van der Waals surface area contributed by atoms with E-state index in [0.29, 0.717) is 18.7 Å². The van der Waals surface area contributed by atoms with Crippen LogP contribution in [-0.2, 0) is 9.59 Å². The van der Waals surface area contributed by atoms with E-state index < -0.39 is 0 Å². The molecule has 2 fully saturated rings. The van der Waals surface area contributed by atoms with Crippen LogP contribution in [0.25, 0.3) is 11.0 Å². The van der Waals surface area contributed by atoms with Gasteiger partial charge in [0.2, 0.25) is 11.8 Å². The molecule has 2 aliphatic heterocycles. The molecule has 2 atom stereocenters. The lowest BCUT2D eigenvalue weighted by Gasteiger charge is -2.20. The Hall–Kier alpha value is -2.57. The van der Waals surface area contributed by atoms with Crippen molar-refractivity contribution in [2.45, 2.75) is 0 Å². The third-order valence-corrected chi connectivity index (χ3v) is 4.30. The van der Waals surface area contributed by atoms with Crippen molar-refractivity contribution in [3.63, 3.8) is 0 Å². The normalized spacial score (nSPS) is 25.0. The van der Waals surface area contributed by atoms with Gasteiger partial charge < -0.3 is 4.90 Å². The Balaban J connectivity index is 1.73. The number of fused-ring (bicyclic) bond motifs is 2. The number of likely N-dealkylation sites (tertiary alicyclic amines) is 1. The minimum absolute atomic E-state index is 0.0935. The van der Waals surface area contributed by atoms with Gasteiger partial charge in [0.25, 0.3) is 0 Å². The standard InChI is InChI=1S/C14H13N5O2/c1-18-13(20)9-5-19(6-10(9)14(18)21)12-8-3-2-4-15-11(8)16-7-17-12/h2-4,7,9-10H,5-6H2,1H3. The first-order valence-corrected chi connectivity index (χ1v) is 6.79. The SMILES string of the molecule is CN1C(=O)C2CN(c3ncnc4ncccc34)CC2C1=O. The van der Waals surface area contributed by atoms with Gasteiger partial charge in [0, 0.05) is 26.3 Å². The van der Waals surface area contributed by atoms with Crippen LogP contribution in [0, 0.1) is 11.8 Å². The molecule has 7 nitrogen and oxygen atoms in total. The van der Waals surface area contributed by atoms with Gasteiger partial charge >= 0.3 is 0 Å². The number of rotatable bonds is 1. The van der Waals surface area contributed by atoms with Crippen molar-refractivity contribution in [1.82, 2.24) is 19.9 Å². The largest absolute Gasteiger partial charge is 0.354 e. The van der Waals surface area contributed by atoms with E-state index >= 15 is 0 Å². The maximum absolute atomic E-state index is 12.1. The molecule has 0 saturated carbocycles. The fourth-order valence-corrected chi connectivity index (χ4v) is 3.22. The Bertz CT molecular complexity index is 733. The molecule has 0 aromatic carbocycles. The molecular weight excluding hydrogens is 270 g/mol. The molecule has 4 rings (SSSR count). The van der Waals surface area contributed by atoms with Gasteiger partial charge in [-0.3, -0.25) is 14.5 Å². The summed E-state index contributed by atoms with van der Waals surface area (Å²) in [6, 6.07) is 3.73. The fraction of sp³-hybridized carbons (Fsp3) is 0.357. The summed E-state index contributed by atoms with van der Waals surface area (Å²) >= 11 is 0. The number of amides is 2. The third-order valence-electron chi connectivity index (χ3n) is 4.30. The minimum Gasteiger partial charge on any atom is -0.354 e. The Morgan fingerprint density at radius 2 is 1.81 bits per heavy atom. The van der Waals surface area contributed by atoms with Crippen molar-refractivity contribution in [2.24, 2.45) is 11.8 Å². The van der Waals surface area contributed by atoms with E-state index in [2.05, 4.69) is 15.0 Å². The van der Waals surface area contributed by atoms with Crippen LogP contribution in [0.4, 0.5) is 5.82 Å². The number of imide groups is 1. The topological polar surface area (TPSA) is 79.3 Å². The zero-order valence-electron chi connectivity index (χ0n) is 11.4. The maximum atomic E-state index is 12.1. The number of aromatic nitrogens is 3. The third kappa shape index (κ3) is 1.63. The molecule has 2 unspecified atom stereocenters. The maximum Gasteiger partial charge on any atom is 0.234 e. The molecule has 7 heteroatoms. The van der Waals surface area contributed by atoms with Gasteiger partial charge in [-0.15, -0.1) is 0 Å². The van der Waals surface area contributed by atoms with Crippen molar-refractivity contribution in [1.29, 1.82) is 0 Å². The van der Waals surface area contributed by atoms with E-state index in [-0.39, 0.29) is 23.7 Å². The summed E-state index contributed by atoms with van der Waals surface area (Å²) in [5, 5.41) is 0.841. The van der Waals surface area contributed by atoms with E-state index in [9.17, 15) is 9.59 Å². The zero-order valence-corrected chi connectivity index (χ0v) is 11.4. The summed E-state index contributed by atoms with van der Waals surface area (Å²) in [7, 11) is 1.55. The molecule has 21 heavy (non-hydrogen) atoms. The minimum atomic E-state index is -0.260. The average Bonchev–Trinajstić information content (AvgIpc) is 3.04. The Kier molecular flexibility index (Phi) is 2.44. The highest BCUT2D eigenvalue weighted by molar-refractivity contribution is 6.06. The lowest BCUT2D eigenvalue weighted by Crippen LogP contribution is -2.33. The molecule has 2 aliphatic rings. The van der Waals surface area contributed by atoms with E-state index in [1.165, 1.54) is 11.2 Å². The molecule has 4 heterocycles. The van der Waals surface area contributed by atoms with Gasteiger partial charge in [-0.25, -0.2) is 15.0 Å². The zero-order chi connectivity index (χ0) is 14.6. The highest BCUT2D eigenvalue weighted by Crippen LogP contribution is 2.36. The van der Waals surface area contributed by atoms with E-state index in [4.69, 9.17) is 0 Å². The first-order valence-electron chi connectivity index (χ1n) is 6.79. The van der Waals surface area contributed by atoms with Crippen LogP contribution >= 0.6 is 0 Å². The van der Waals surface area contributed by atoms with Gasteiger partial charge in [0.1, 0.15) is 12.1 Å². The van der Waals surface area contributed by atoms with Crippen LogP contribution < -0.4 is 4.90 Å². The summed E-state index contributed by atoms with van der Waals surface area (Å²) in [4.78, 5) is 40.0. The van der Waals surface area contributed by atoms with Crippen molar-refractivity contribution in [3.05, 3.63) is 24.7 Å². The second-order valence-corrected chi connectivity index (χ2v) is 5.43. The molecule has 0 aliphatic carbocycles. The number of hydrogen-bond donors (Lipinski definition) is 0. The van der Waals surface area contributed by atoms with E-state index in [1.807, 2.05) is 17.0 Å². The molecule has 0 radical (unpaired) electrons. The summed E-state index contributed by atoms with van der Waals surface area (Å²) in [5.74, 6) is 0.0344. The van der Waals surface area contributed by atoms with Crippen LogP contribution in [0.3, 0.4) is 0 Å². The van der Waals surface area contributed by atoms with Crippen LogP contribution in [-0.4, -0.2) is 51.8 Å². The van der Waals surface area contributed by atoms with Crippen LogP contribution in [0.2, 0.25) is 0 Å². The van der Waals surface area contributed by atoms with E-state index in [0.717, 1.165) is 11.2 Å². The smallest absolute Gasteiger partial charge is 0.234 e. The Labute approximate surface area is 120 Å². The number of hydrogen-bond acceptors (Lipinski definition) is 6. The lowest BCUT2D eigenvalue weighted by atomic mass is 10.00.